The molecule has 0 bridgehead atoms. The quantitative estimate of drug-likeness (QED) is 0.773. The summed E-state index contributed by atoms with van der Waals surface area (Å²) in [4.78, 5) is 10.4. The van der Waals surface area contributed by atoms with Gasteiger partial charge in [0.05, 0.1) is 18.5 Å². The van der Waals surface area contributed by atoms with Gasteiger partial charge in [0, 0.05) is 19.0 Å². The van der Waals surface area contributed by atoms with Crippen molar-refractivity contribution in [2.75, 3.05) is 18.9 Å². The Balaban J connectivity index is 2.65. The van der Waals surface area contributed by atoms with E-state index in [-0.39, 0.29) is 30.7 Å². The van der Waals surface area contributed by atoms with E-state index >= 15 is 0 Å². The maximum atomic E-state index is 12.2. The van der Waals surface area contributed by atoms with Crippen LogP contribution in [-0.4, -0.2) is 54.8 Å². The van der Waals surface area contributed by atoms with Crippen LogP contribution in [0.2, 0.25) is 0 Å². The van der Waals surface area contributed by atoms with Gasteiger partial charge in [-0.2, -0.15) is 4.31 Å². The molecule has 1 N–H and O–H groups in total. The second-order valence-electron chi connectivity index (χ2n) is 4.59. The van der Waals surface area contributed by atoms with Crippen molar-refractivity contribution in [3.8, 4) is 0 Å². The van der Waals surface area contributed by atoms with E-state index in [0.717, 1.165) is 0 Å². The standard InChI is InChI=1S/C11H21NO5S/c1-3-10-8-17-9(2)7-12(10)18(15,16)6-4-5-11(13)14/h9-10H,3-8H2,1-2H3,(H,13,14). The monoisotopic (exact) mass is 279 g/mol. The van der Waals surface area contributed by atoms with E-state index in [4.69, 9.17) is 9.84 Å². The summed E-state index contributed by atoms with van der Waals surface area (Å²) >= 11 is 0. The lowest BCUT2D eigenvalue weighted by atomic mass is 10.2. The molecular formula is C11H21NO5S. The van der Waals surface area contributed by atoms with Crippen molar-refractivity contribution in [2.24, 2.45) is 0 Å². The van der Waals surface area contributed by atoms with Crippen LogP contribution in [0.15, 0.2) is 0 Å². The highest BCUT2D eigenvalue weighted by Gasteiger charge is 2.34. The zero-order valence-corrected chi connectivity index (χ0v) is 11.6. The molecule has 0 aliphatic carbocycles. The number of carboxylic acids is 1. The molecule has 0 radical (unpaired) electrons. The molecule has 6 nitrogen and oxygen atoms in total. The Hall–Kier alpha value is -0.660. The van der Waals surface area contributed by atoms with E-state index in [2.05, 4.69) is 0 Å². The van der Waals surface area contributed by atoms with E-state index < -0.39 is 16.0 Å². The number of nitrogens with zero attached hydrogens (tertiary/aromatic N) is 1. The third kappa shape index (κ3) is 4.22. The first kappa shape index (κ1) is 15.4. The molecule has 1 aliphatic heterocycles. The Morgan fingerprint density at radius 2 is 2.17 bits per heavy atom. The zero-order valence-electron chi connectivity index (χ0n) is 10.8. The van der Waals surface area contributed by atoms with Gasteiger partial charge in [-0.1, -0.05) is 6.92 Å². The highest BCUT2D eigenvalue weighted by atomic mass is 32.2. The zero-order chi connectivity index (χ0) is 13.8. The molecule has 18 heavy (non-hydrogen) atoms. The topological polar surface area (TPSA) is 83.9 Å². The summed E-state index contributed by atoms with van der Waals surface area (Å²) in [6, 6.07) is -0.129. The molecule has 1 fully saturated rings. The number of carbonyl (C=O) groups is 1. The van der Waals surface area contributed by atoms with Crippen LogP contribution < -0.4 is 0 Å². The largest absolute Gasteiger partial charge is 0.481 e. The molecule has 1 saturated heterocycles. The van der Waals surface area contributed by atoms with Crippen molar-refractivity contribution >= 4 is 16.0 Å². The first-order chi connectivity index (χ1) is 8.36. The second-order valence-corrected chi connectivity index (χ2v) is 6.63. The fourth-order valence-corrected chi connectivity index (χ4v) is 3.84. The van der Waals surface area contributed by atoms with Crippen molar-refractivity contribution in [3.05, 3.63) is 0 Å². The van der Waals surface area contributed by atoms with E-state index in [1.807, 2.05) is 13.8 Å². The van der Waals surface area contributed by atoms with E-state index in [0.29, 0.717) is 19.6 Å². The number of ether oxygens (including phenoxy) is 1. The maximum Gasteiger partial charge on any atom is 0.303 e. The van der Waals surface area contributed by atoms with Crippen molar-refractivity contribution in [2.45, 2.75) is 45.3 Å². The lowest BCUT2D eigenvalue weighted by Crippen LogP contribution is -2.51. The molecule has 2 unspecified atom stereocenters. The first-order valence-electron chi connectivity index (χ1n) is 6.19. The average Bonchev–Trinajstić information content (AvgIpc) is 2.28. The van der Waals surface area contributed by atoms with Crippen molar-refractivity contribution in [3.63, 3.8) is 0 Å². The summed E-state index contributed by atoms with van der Waals surface area (Å²) in [6.45, 7) is 4.53. The van der Waals surface area contributed by atoms with Gasteiger partial charge in [-0.25, -0.2) is 8.42 Å². The minimum Gasteiger partial charge on any atom is -0.481 e. The highest BCUT2D eigenvalue weighted by molar-refractivity contribution is 7.89. The lowest BCUT2D eigenvalue weighted by Gasteiger charge is -2.37. The molecule has 2 atom stereocenters. The van der Waals surface area contributed by atoms with Gasteiger partial charge < -0.3 is 9.84 Å². The fourth-order valence-electron chi connectivity index (χ4n) is 2.00. The normalized spacial score (nSPS) is 26.1. The van der Waals surface area contributed by atoms with Gasteiger partial charge in [0.15, 0.2) is 0 Å². The molecule has 1 aliphatic rings. The number of hydrogen-bond acceptors (Lipinski definition) is 4. The second kappa shape index (κ2) is 6.49. The van der Waals surface area contributed by atoms with Gasteiger partial charge in [0.25, 0.3) is 0 Å². The van der Waals surface area contributed by atoms with Crippen molar-refractivity contribution in [1.29, 1.82) is 0 Å². The number of aliphatic carboxylic acids is 1. The minimum absolute atomic E-state index is 0.109. The van der Waals surface area contributed by atoms with Gasteiger partial charge in [-0.3, -0.25) is 4.79 Å². The van der Waals surface area contributed by atoms with Crippen LogP contribution in [0, 0.1) is 0 Å². The minimum atomic E-state index is -3.38. The molecule has 1 rings (SSSR count). The van der Waals surface area contributed by atoms with Crippen LogP contribution in [0.1, 0.15) is 33.1 Å². The summed E-state index contributed by atoms with van der Waals surface area (Å²) in [7, 11) is -3.38. The third-order valence-corrected chi connectivity index (χ3v) is 5.01. The van der Waals surface area contributed by atoms with Crippen LogP contribution in [0.5, 0.6) is 0 Å². The number of sulfonamides is 1. The van der Waals surface area contributed by atoms with Gasteiger partial charge in [0.1, 0.15) is 0 Å². The molecule has 0 aromatic heterocycles. The summed E-state index contributed by atoms with van der Waals surface area (Å²) in [5, 5.41) is 8.53. The van der Waals surface area contributed by atoms with E-state index in [9.17, 15) is 13.2 Å². The molecule has 0 aromatic carbocycles. The predicted molar refractivity (Wildman–Crippen MR) is 66.9 cm³/mol. The number of morpholine rings is 1. The molecule has 106 valence electrons. The SMILES string of the molecule is CCC1COC(C)CN1S(=O)(=O)CCCC(=O)O. The molecular weight excluding hydrogens is 258 g/mol. The smallest absolute Gasteiger partial charge is 0.303 e. The Morgan fingerprint density at radius 1 is 1.50 bits per heavy atom. The van der Waals surface area contributed by atoms with Gasteiger partial charge in [-0.15, -0.1) is 0 Å². The number of hydrogen-bond donors (Lipinski definition) is 1. The van der Waals surface area contributed by atoms with Crippen LogP contribution in [-0.2, 0) is 19.6 Å². The lowest BCUT2D eigenvalue weighted by molar-refractivity contribution is -0.137. The summed E-state index contributed by atoms with van der Waals surface area (Å²) in [6.07, 6.45) is 0.628. The van der Waals surface area contributed by atoms with Gasteiger partial charge >= 0.3 is 5.97 Å². The Kier molecular flexibility index (Phi) is 5.55. The van der Waals surface area contributed by atoms with Crippen molar-refractivity contribution < 1.29 is 23.1 Å². The Morgan fingerprint density at radius 3 is 2.72 bits per heavy atom. The summed E-state index contributed by atoms with van der Waals surface area (Å²) in [5.41, 5.74) is 0. The van der Waals surface area contributed by atoms with Crippen LogP contribution in [0.3, 0.4) is 0 Å². The Bertz CT molecular complexity index is 381. The average molecular weight is 279 g/mol. The fraction of sp³-hybridized carbons (Fsp3) is 0.909. The first-order valence-corrected chi connectivity index (χ1v) is 7.80. The maximum absolute atomic E-state index is 12.2. The molecule has 0 spiro atoms. The van der Waals surface area contributed by atoms with Crippen molar-refractivity contribution in [1.82, 2.24) is 4.31 Å². The number of rotatable bonds is 6. The number of carboxylic acid groups (broad SMARTS) is 1. The molecule has 7 heteroatoms. The Labute approximate surface area is 108 Å². The molecule has 0 saturated carbocycles. The van der Waals surface area contributed by atoms with Crippen LogP contribution in [0.25, 0.3) is 0 Å². The van der Waals surface area contributed by atoms with Gasteiger partial charge in [0.2, 0.25) is 10.0 Å². The van der Waals surface area contributed by atoms with Crippen LogP contribution >= 0.6 is 0 Å². The van der Waals surface area contributed by atoms with E-state index in [1.165, 1.54) is 4.31 Å². The van der Waals surface area contributed by atoms with E-state index in [1.54, 1.807) is 0 Å². The van der Waals surface area contributed by atoms with Crippen LogP contribution in [0.4, 0.5) is 0 Å². The summed E-state index contributed by atoms with van der Waals surface area (Å²) < 4.78 is 31.2. The molecule has 0 amide bonds. The molecule has 1 heterocycles. The third-order valence-electron chi connectivity index (χ3n) is 3.04. The highest BCUT2D eigenvalue weighted by Crippen LogP contribution is 2.19. The predicted octanol–water partition coefficient (Wildman–Crippen LogP) is 0.680. The summed E-state index contributed by atoms with van der Waals surface area (Å²) in [5.74, 6) is -1.07. The van der Waals surface area contributed by atoms with Gasteiger partial charge in [-0.05, 0) is 19.8 Å². The molecule has 0 aromatic rings.